The molecule has 0 saturated carbocycles. The molecule has 0 aliphatic carbocycles. The molecule has 1 heterocycles. The molecule has 142 valence electrons. The number of aromatic nitrogens is 2. The molecule has 0 atom stereocenters. The molecular formula is C19H21FN4O2S. The fraction of sp³-hybridized carbons (Fsp3) is 0.211. The number of nitrogens with zero attached hydrogens (tertiary/aromatic N) is 3. The van der Waals surface area contributed by atoms with E-state index in [1.54, 1.807) is 35.0 Å². The Morgan fingerprint density at radius 3 is 2.37 bits per heavy atom. The molecular weight excluding hydrogens is 367 g/mol. The van der Waals surface area contributed by atoms with Crippen molar-refractivity contribution < 1.29 is 12.8 Å². The second-order valence-corrected chi connectivity index (χ2v) is 8.04. The van der Waals surface area contributed by atoms with E-state index in [4.69, 9.17) is 5.14 Å². The molecule has 27 heavy (non-hydrogen) atoms. The van der Waals surface area contributed by atoms with Crippen molar-refractivity contribution in [1.82, 2.24) is 14.7 Å². The highest BCUT2D eigenvalue weighted by Gasteiger charge is 2.20. The van der Waals surface area contributed by atoms with Crippen molar-refractivity contribution >= 4 is 10.0 Å². The van der Waals surface area contributed by atoms with Crippen molar-refractivity contribution in [3.63, 3.8) is 0 Å². The SMILES string of the molecule is CN(C)CCn1cc(-c2ccc(F)cc2)c(-c2ccccc2S(N)(=O)=O)n1. The van der Waals surface area contributed by atoms with Gasteiger partial charge < -0.3 is 4.90 Å². The molecule has 0 saturated heterocycles. The number of sulfonamides is 1. The number of benzene rings is 2. The Morgan fingerprint density at radius 2 is 1.74 bits per heavy atom. The van der Waals surface area contributed by atoms with Crippen LogP contribution in [0.2, 0.25) is 0 Å². The number of likely N-dealkylation sites (N-methyl/N-ethyl adjacent to an activating group) is 1. The van der Waals surface area contributed by atoms with E-state index in [1.807, 2.05) is 25.2 Å². The molecule has 2 aromatic carbocycles. The van der Waals surface area contributed by atoms with Crippen molar-refractivity contribution in [2.24, 2.45) is 5.14 Å². The molecule has 3 rings (SSSR count). The number of rotatable bonds is 6. The molecule has 0 amide bonds. The Labute approximate surface area is 158 Å². The molecule has 0 unspecified atom stereocenters. The third-order valence-corrected chi connectivity index (χ3v) is 5.11. The van der Waals surface area contributed by atoms with Gasteiger partial charge in [-0.15, -0.1) is 0 Å². The summed E-state index contributed by atoms with van der Waals surface area (Å²) < 4.78 is 39.2. The van der Waals surface area contributed by atoms with E-state index in [0.717, 1.165) is 12.1 Å². The minimum Gasteiger partial charge on any atom is -0.308 e. The van der Waals surface area contributed by atoms with E-state index in [1.165, 1.54) is 18.2 Å². The van der Waals surface area contributed by atoms with Crippen molar-refractivity contribution in [1.29, 1.82) is 0 Å². The lowest BCUT2D eigenvalue weighted by Crippen LogP contribution is -2.18. The van der Waals surface area contributed by atoms with Gasteiger partial charge in [0.2, 0.25) is 10.0 Å². The first kappa shape index (κ1) is 19.2. The zero-order valence-corrected chi connectivity index (χ0v) is 15.9. The number of primary sulfonamides is 1. The highest BCUT2D eigenvalue weighted by Crippen LogP contribution is 2.34. The summed E-state index contributed by atoms with van der Waals surface area (Å²) in [4.78, 5) is 2.03. The Bertz CT molecular complexity index is 1040. The van der Waals surface area contributed by atoms with Crippen LogP contribution in [0, 0.1) is 5.82 Å². The fourth-order valence-electron chi connectivity index (χ4n) is 2.79. The van der Waals surface area contributed by atoms with Crippen molar-refractivity contribution in [2.45, 2.75) is 11.4 Å². The summed E-state index contributed by atoms with van der Waals surface area (Å²) in [5.74, 6) is -0.342. The van der Waals surface area contributed by atoms with Gasteiger partial charge in [0, 0.05) is 23.9 Å². The van der Waals surface area contributed by atoms with E-state index in [-0.39, 0.29) is 10.7 Å². The first-order valence-electron chi connectivity index (χ1n) is 8.36. The van der Waals surface area contributed by atoms with Gasteiger partial charge in [-0.05, 0) is 37.9 Å². The molecule has 3 aromatic rings. The highest BCUT2D eigenvalue weighted by atomic mass is 32.2. The fourth-order valence-corrected chi connectivity index (χ4v) is 3.53. The predicted octanol–water partition coefficient (Wildman–Crippen LogP) is 2.57. The Balaban J connectivity index is 2.18. The molecule has 0 fully saturated rings. The maximum atomic E-state index is 13.3. The molecule has 0 radical (unpaired) electrons. The van der Waals surface area contributed by atoms with Crippen LogP contribution in [-0.4, -0.2) is 43.7 Å². The Morgan fingerprint density at radius 1 is 1.07 bits per heavy atom. The minimum absolute atomic E-state index is 0.00576. The quantitative estimate of drug-likeness (QED) is 0.704. The van der Waals surface area contributed by atoms with Crippen LogP contribution in [-0.2, 0) is 16.6 Å². The lowest BCUT2D eigenvalue weighted by atomic mass is 10.0. The van der Waals surface area contributed by atoms with Crippen LogP contribution >= 0.6 is 0 Å². The van der Waals surface area contributed by atoms with Gasteiger partial charge in [0.25, 0.3) is 0 Å². The zero-order valence-electron chi connectivity index (χ0n) is 15.1. The van der Waals surface area contributed by atoms with Gasteiger partial charge in [-0.1, -0.05) is 30.3 Å². The van der Waals surface area contributed by atoms with E-state index in [9.17, 15) is 12.8 Å². The summed E-state index contributed by atoms with van der Waals surface area (Å²) in [7, 11) is -0.00141. The average Bonchev–Trinajstić information content (AvgIpc) is 3.04. The van der Waals surface area contributed by atoms with Crippen LogP contribution in [0.25, 0.3) is 22.4 Å². The lowest BCUT2D eigenvalue weighted by Gasteiger charge is -2.09. The maximum Gasteiger partial charge on any atom is 0.238 e. The summed E-state index contributed by atoms with van der Waals surface area (Å²) in [6.45, 7) is 1.39. The van der Waals surface area contributed by atoms with E-state index in [2.05, 4.69) is 5.10 Å². The van der Waals surface area contributed by atoms with Crippen molar-refractivity contribution in [3.8, 4) is 22.4 Å². The van der Waals surface area contributed by atoms with E-state index in [0.29, 0.717) is 23.4 Å². The number of nitrogens with two attached hydrogens (primary N) is 1. The molecule has 0 aliphatic rings. The molecule has 0 aliphatic heterocycles. The van der Waals surface area contributed by atoms with Crippen LogP contribution in [0.3, 0.4) is 0 Å². The van der Waals surface area contributed by atoms with Crippen LogP contribution in [0.4, 0.5) is 4.39 Å². The van der Waals surface area contributed by atoms with Gasteiger partial charge >= 0.3 is 0 Å². The summed E-state index contributed by atoms with van der Waals surface area (Å²) >= 11 is 0. The zero-order chi connectivity index (χ0) is 19.6. The minimum atomic E-state index is -3.92. The average molecular weight is 388 g/mol. The van der Waals surface area contributed by atoms with Crippen LogP contribution in [0.15, 0.2) is 59.6 Å². The van der Waals surface area contributed by atoms with Gasteiger partial charge in [0.05, 0.1) is 11.4 Å². The Hall–Kier alpha value is -2.55. The van der Waals surface area contributed by atoms with Gasteiger partial charge in [0.1, 0.15) is 11.5 Å². The number of hydrogen-bond acceptors (Lipinski definition) is 4. The van der Waals surface area contributed by atoms with Gasteiger partial charge in [-0.2, -0.15) is 5.10 Å². The summed E-state index contributed by atoms with van der Waals surface area (Å²) in [6.07, 6.45) is 1.84. The maximum absolute atomic E-state index is 13.3. The first-order chi connectivity index (χ1) is 12.8. The highest BCUT2D eigenvalue weighted by molar-refractivity contribution is 7.89. The number of halogens is 1. The molecule has 1 aromatic heterocycles. The third kappa shape index (κ3) is 4.41. The predicted molar refractivity (Wildman–Crippen MR) is 103 cm³/mol. The largest absolute Gasteiger partial charge is 0.308 e. The van der Waals surface area contributed by atoms with E-state index >= 15 is 0 Å². The number of hydrogen-bond donors (Lipinski definition) is 1. The van der Waals surface area contributed by atoms with E-state index < -0.39 is 10.0 Å². The van der Waals surface area contributed by atoms with Gasteiger partial charge in [-0.25, -0.2) is 17.9 Å². The monoisotopic (exact) mass is 388 g/mol. The smallest absolute Gasteiger partial charge is 0.238 e. The molecule has 2 N–H and O–H groups in total. The van der Waals surface area contributed by atoms with Crippen molar-refractivity contribution in [3.05, 3.63) is 60.5 Å². The summed E-state index contributed by atoms with van der Waals surface area (Å²) in [5.41, 5.74) is 2.37. The first-order valence-corrected chi connectivity index (χ1v) is 9.90. The van der Waals surface area contributed by atoms with Crippen LogP contribution < -0.4 is 5.14 Å². The molecule has 6 nitrogen and oxygen atoms in total. The molecule has 0 spiro atoms. The van der Waals surface area contributed by atoms with Crippen molar-refractivity contribution in [2.75, 3.05) is 20.6 Å². The second kappa shape index (κ2) is 7.59. The standard InChI is InChI=1S/C19H21FN4O2S/c1-23(2)11-12-24-13-17(14-7-9-15(20)10-8-14)19(22-24)16-5-3-4-6-18(16)27(21,25)26/h3-10,13H,11-12H2,1-2H3,(H2,21,25,26). The second-order valence-electron chi connectivity index (χ2n) is 6.51. The van der Waals surface area contributed by atoms with Crippen LogP contribution in [0.1, 0.15) is 0 Å². The molecule has 8 heteroatoms. The summed E-state index contributed by atoms with van der Waals surface area (Å²) in [5, 5.41) is 9.99. The summed E-state index contributed by atoms with van der Waals surface area (Å²) in [6, 6.07) is 12.5. The third-order valence-electron chi connectivity index (χ3n) is 4.14. The normalized spacial score (nSPS) is 11.9. The Kier molecular flexibility index (Phi) is 5.41. The lowest BCUT2D eigenvalue weighted by molar-refractivity contribution is 0.373. The molecule has 0 bridgehead atoms. The topological polar surface area (TPSA) is 81.2 Å². The van der Waals surface area contributed by atoms with Gasteiger partial charge in [0.15, 0.2) is 0 Å². The van der Waals surface area contributed by atoms with Gasteiger partial charge in [-0.3, -0.25) is 4.68 Å². The van der Waals surface area contributed by atoms with Crippen LogP contribution in [0.5, 0.6) is 0 Å².